The van der Waals surface area contributed by atoms with Gasteiger partial charge >= 0.3 is 6.18 Å². The van der Waals surface area contributed by atoms with Gasteiger partial charge in [0, 0.05) is 12.1 Å². The molecule has 0 aliphatic heterocycles. The van der Waals surface area contributed by atoms with Crippen LogP contribution in [0.1, 0.15) is 16.7 Å². The molecule has 0 unspecified atom stereocenters. The molecule has 6 nitrogen and oxygen atoms in total. The monoisotopic (exact) mass is 389 g/mol. The zero-order valence-electron chi connectivity index (χ0n) is 13.5. The summed E-state index contributed by atoms with van der Waals surface area (Å²) in [7, 11) is -4.07. The second-order valence-corrected chi connectivity index (χ2v) is 7.10. The molecule has 0 amide bonds. The summed E-state index contributed by atoms with van der Waals surface area (Å²) in [5, 5.41) is 10.8. The molecule has 0 aliphatic rings. The van der Waals surface area contributed by atoms with Crippen molar-refractivity contribution in [2.75, 3.05) is 6.61 Å². The van der Waals surface area contributed by atoms with Crippen LogP contribution in [0.4, 0.5) is 18.9 Å². The fourth-order valence-corrected chi connectivity index (χ4v) is 3.04. The van der Waals surface area contributed by atoms with Gasteiger partial charge in [-0.3, -0.25) is 14.3 Å². The third-order valence-electron chi connectivity index (χ3n) is 3.45. The summed E-state index contributed by atoms with van der Waals surface area (Å²) in [4.78, 5) is 9.76. The van der Waals surface area contributed by atoms with Gasteiger partial charge in [0.2, 0.25) is 0 Å². The summed E-state index contributed by atoms with van der Waals surface area (Å²) in [6.07, 6.45) is -4.99. The normalized spacial score (nSPS) is 12.2. The second kappa shape index (κ2) is 7.42. The van der Waals surface area contributed by atoms with Crippen molar-refractivity contribution in [1.29, 1.82) is 0 Å². The molecule has 0 aromatic heterocycles. The Labute approximate surface area is 147 Å². The Balaban J connectivity index is 2.15. The van der Waals surface area contributed by atoms with E-state index < -0.39 is 39.1 Å². The van der Waals surface area contributed by atoms with Crippen LogP contribution in [0.25, 0.3) is 0 Å². The van der Waals surface area contributed by atoms with Crippen molar-refractivity contribution in [2.45, 2.75) is 24.4 Å². The molecule has 0 saturated carbocycles. The van der Waals surface area contributed by atoms with E-state index in [9.17, 15) is 31.7 Å². The maximum Gasteiger partial charge on any atom is 0.416 e. The number of rotatable bonds is 6. The highest BCUT2D eigenvalue weighted by atomic mass is 32.2. The van der Waals surface area contributed by atoms with Gasteiger partial charge in [0.1, 0.15) is 0 Å². The van der Waals surface area contributed by atoms with Crippen molar-refractivity contribution in [1.82, 2.24) is 0 Å². The third-order valence-corrected chi connectivity index (χ3v) is 4.78. The summed E-state index contributed by atoms with van der Waals surface area (Å²) >= 11 is 0. The van der Waals surface area contributed by atoms with Gasteiger partial charge in [0.05, 0.1) is 22.0 Å². The van der Waals surface area contributed by atoms with E-state index in [0.29, 0.717) is 6.07 Å². The minimum absolute atomic E-state index is 0.0503. The van der Waals surface area contributed by atoms with Gasteiger partial charge in [-0.15, -0.1) is 0 Å². The molecular formula is C16H14F3NO5S. The molecular weight excluding hydrogens is 375 g/mol. The number of aryl methyl sites for hydroxylation is 1. The van der Waals surface area contributed by atoms with Gasteiger partial charge in [-0.1, -0.05) is 17.7 Å². The average Bonchev–Trinajstić information content (AvgIpc) is 2.54. The van der Waals surface area contributed by atoms with Gasteiger partial charge in [-0.2, -0.15) is 21.6 Å². The highest BCUT2D eigenvalue weighted by Crippen LogP contribution is 2.32. The Kier molecular flexibility index (Phi) is 5.67. The van der Waals surface area contributed by atoms with E-state index in [1.54, 1.807) is 19.1 Å². The molecule has 0 spiro atoms. The quantitative estimate of drug-likeness (QED) is 0.425. The number of hydrogen-bond acceptors (Lipinski definition) is 5. The van der Waals surface area contributed by atoms with Crippen LogP contribution in [0.3, 0.4) is 0 Å². The van der Waals surface area contributed by atoms with Crippen molar-refractivity contribution >= 4 is 15.8 Å². The highest BCUT2D eigenvalue weighted by Gasteiger charge is 2.32. The number of hydrogen-bond donors (Lipinski definition) is 0. The van der Waals surface area contributed by atoms with Crippen molar-refractivity contribution in [3.05, 3.63) is 69.3 Å². The van der Waals surface area contributed by atoms with Gasteiger partial charge in [0.15, 0.2) is 0 Å². The lowest BCUT2D eigenvalue weighted by Crippen LogP contribution is -2.11. The fourth-order valence-electron chi connectivity index (χ4n) is 2.13. The van der Waals surface area contributed by atoms with E-state index in [1.807, 2.05) is 0 Å². The minimum Gasteiger partial charge on any atom is -0.266 e. The Morgan fingerprint density at radius 1 is 1.12 bits per heavy atom. The third kappa shape index (κ3) is 5.02. The number of benzene rings is 2. The van der Waals surface area contributed by atoms with Crippen LogP contribution >= 0.6 is 0 Å². The Bertz CT molecular complexity index is 908. The summed E-state index contributed by atoms with van der Waals surface area (Å²) in [5.41, 5.74) is -1.11. The maximum absolute atomic E-state index is 12.8. The molecule has 0 aliphatic carbocycles. The van der Waals surface area contributed by atoms with E-state index in [4.69, 9.17) is 4.18 Å². The molecule has 0 radical (unpaired) electrons. The Morgan fingerprint density at radius 3 is 2.27 bits per heavy atom. The molecule has 26 heavy (non-hydrogen) atoms. The zero-order chi connectivity index (χ0) is 19.5. The first-order valence-corrected chi connectivity index (χ1v) is 8.71. The maximum atomic E-state index is 12.8. The molecule has 2 aromatic carbocycles. The summed E-state index contributed by atoms with van der Waals surface area (Å²) < 4.78 is 67.3. The molecule has 2 aromatic rings. The number of alkyl halides is 3. The highest BCUT2D eigenvalue weighted by molar-refractivity contribution is 7.86. The summed E-state index contributed by atoms with van der Waals surface area (Å²) in [6, 6.07) is 7.96. The predicted octanol–water partition coefficient (Wildman–Crippen LogP) is 3.87. The van der Waals surface area contributed by atoms with Gasteiger partial charge in [-0.05, 0) is 37.1 Å². The molecule has 10 heteroatoms. The standard InChI is InChI=1S/C16H14F3NO5S/c1-11-2-4-15(5-3-11)26(23,24)25-7-6-12-8-13(16(17,18)19)10-14(9-12)20(21)22/h2-5,8-10H,6-7H2,1H3. The first-order chi connectivity index (χ1) is 12.0. The van der Waals surface area contributed by atoms with Crippen LogP contribution in [0.2, 0.25) is 0 Å². The molecule has 0 saturated heterocycles. The van der Waals surface area contributed by atoms with E-state index in [-0.39, 0.29) is 16.9 Å². The smallest absolute Gasteiger partial charge is 0.266 e. The van der Waals surface area contributed by atoms with E-state index in [1.165, 1.54) is 12.1 Å². The van der Waals surface area contributed by atoms with Crippen LogP contribution in [0, 0.1) is 17.0 Å². The van der Waals surface area contributed by atoms with Crippen LogP contribution in [0.5, 0.6) is 0 Å². The van der Waals surface area contributed by atoms with Crippen molar-refractivity contribution < 1.29 is 30.7 Å². The number of nitro benzene ring substituents is 1. The molecule has 0 atom stereocenters. The number of non-ortho nitro benzene ring substituents is 1. The molecule has 140 valence electrons. The lowest BCUT2D eigenvalue weighted by Gasteiger charge is -2.10. The summed E-state index contributed by atoms with van der Waals surface area (Å²) in [5.74, 6) is 0. The first-order valence-electron chi connectivity index (χ1n) is 7.31. The SMILES string of the molecule is Cc1ccc(S(=O)(=O)OCCc2cc([N+](=O)[O-])cc(C(F)(F)F)c2)cc1. The van der Waals surface area contributed by atoms with Crippen LogP contribution in [-0.4, -0.2) is 19.9 Å². The topological polar surface area (TPSA) is 86.5 Å². The predicted molar refractivity (Wildman–Crippen MR) is 86.1 cm³/mol. The van der Waals surface area contributed by atoms with Gasteiger partial charge in [0.25, 0.3) is 15.8 Å². The van der Waals surface area contributed by atoms with E-state index in [2.05, 4.69) is 0 Å². The number of halogens is 3. The van der Waals surface area contributed by atoms with Crippen LogP contribution in [0.15, 0.2) is 47.4 Å². The van der Waals surface area contributed by atoms with Crippen molar-refractivity contribution in [3.63, 3.8) is 0 Å². The molecule has 2 rings (SSSR count). The average molecular weight is 389 g/mol. The van der Waals surface area contributed by atoms with Gasteiger partial charge < -0.3 is 0 Å². The fraction of sp³-hybridized carbons (Fsp3) is 0.250. The summed E-state index contributed by atoms with van der Waals surface area (Å²) in [6.45, 7) is 1.33. The Hall–Kier alpha value is -2.46. The van der Waals surface area contributed by atoms with Gasteiger partial charge in [-0.25, -0.2) is 0 Å². The zero-order valence-corrected chi connectivity index (χ0v) is 14.3. The lowest BCUT2D eigenvalue weighted by molar-refractivity contribution is -0.385. The largest absolute Gasteiger partial charge is 0.416 e. The first kappa shape index (κ1) is 19.9. The Morgan fingerprint density at radius 2 is 1.73 bits per heavy atom. The van der Waals surface area contributed by atoms with Crippen molar-refractivity contribution in [2.24, 2.45) is 0 Å². The van der Waals surface area contributed by atoms with Crippen LogP contribution < -0.4 is 0 Å². The molecule has 0 fully saturated rings. The van der Waals surface area contributed by atoms with E-state index >= 15 is 0 Å². The van der Waals surface area contributed by atoms with E-state index in [0.717, 1.165) is 17.7 Å². The number of nitrogens with zero attached hydrogens (tertiary/aromatic N) is 1. The number of nitro groups is 1. The van der Waals surface area contributed by atoms with Crippen LogP contribution in [-0.2, 0) is 26.9 Å². The molecule has 0 heterocycles. The molecule has 0 bridgehead atoms. The minimum atomic E-state index is -4.75. The lowest BCUT2D eigenvalue weighted by atomic mass is 10.1. The molecule has 0 N–H and O–H groups in total. The second-order valence-electron chi connectivity index (χ2n) is 5.48. The van der Waals surface area contributed by atoms with Crippen molar-refractivity contribution in [3.8, 4) is 0 Å².